The number of rotatable bonds is 9. The summed E-state index contributed by atoms with van der Waals surface area (Å²) in [6, 6.07) is 6.72. The third-order valence-corrected chi connectivity index (χ3v) is 3.79. The molecular weight excluding hydrogens is 260 g/mol. The van der Waals surface area contributed by atoms with E-state index in [0.29, 0.717) is 6.04 Å². The summed E-state index contributed by atoms with van der Waals surface area (Å²) in [5.74, 6) is 1.72. The molecule has 1 atom stereocenters. The average molecular weight is 292 g/mol. The van der Waals surface area contributed by atoms with E-state index in [9.17, 15) is 0 Å². The van der Waals surface area contributed by atoms with E-state index in [-0.39, 0.29) is 0 Å². The lowest BCUT2D eigenvalue weighted by Crippen LogP contribution is -2.34. The lowest BCUT2D eigenvalue weighted by molar-refractivity contribution is 0.272. The van der Waals surface area contributed by atoms with Gasteiger partial charge in [0.05, 0.1) is 7.11 Å². The standard InChI is InChI=1S/C18H32N2O/c1-7-19-17(13-20(5)11-10-14(2)3)16-12-15(4)8-9-18(16)21-6/h8-9,12,14,17,19H,7,10-11,13H2,1-6H3. The molecule has 0 fully saturated rings. The maximum Gasteiger partial charge on any atom is 0.123 e. The van der Waals surface area contributed by atoms with Gasteiger partial charge in [0.15, 0.2) is 0 Å². The van der Waals surface area contributed by atoms with Gasteiger partial charge in [-0.15, -0.1) is 0 Å². The molecule has 1 unspecified atom stereocenters. The lowest BCUT2D eigenvalue weighted by atomic mass is 10.0. The van der Waals surface area contributed by atoms with Gasteiger partial charge in [0, 0.05) is 18.2 Å². The number of likely N-dealkylation sites (N-methyl/N-ethyl adjacent to an activating group) is 2. The van der Waals surface area contributed by atoms with Crippen LogP contribution >= 0.6 is 0 Å². The van der Waals surface area contributed by atoms with Gasteiger partial charge in [0.25, 0.3) is 0 Å². The number of benzene rings is 1. The molecule has 0 radical (unpaired) electrons. The van der Waals surface area contributed by atoms with Crippen molar-refractivity contribution in [3.63, 3.8) is 0 Å². The zero-order chi connectivity index (χ0) is 15.8. The minimum atomic E-state index is 0.307. The molecule has 0 saturated carbocycles. The maximum atomic E-state index is 5.55. The molecule has 1 N–H and O–H groups in total. The van der Waals surface area contributed by atoms with Crippen LogP contribution in [0.4, 0.5) is 0 Å². The molecule has 0 heterocycles. The second-order valence-electron chi connectivity index (χ2n) is 6.30. The molecule has 0 spiro atoms. The van der Waals surface area contributed by atoms with Gasteiger partial charge in [0.1, 0.15) is 5.75 Å². The van der Waals surface area contributed by atoms with Gasteiger partial charge < -0.3 is 15.0 Å². The number of ether oxygens (including phenoxy) is 1. The molecule has 3 heteroatoms. The quantitative estimate of drug-likeness (QED) is 0.752. The number of nitrogens with zero attached hydrogens (tertiary/aromatic N) is 1. The Hall–Kier alpha value is -1.06. The molecule has 0 aliphatic carbocycles. The molecule has 0 bridgehead atoms. The van der Waals surface area contributed by atoms with Crippen molar-refractivity contribution in [3.05, 3.63) is 29.3 Å². The molecule has 0 amide bonds. The molecule has 120 valence electrons. The van der Waals surface area contributed by atoms with Crippen molar-refractivity contribution in [1.82, 2.24) is 10.2 Å². The van der Waals surface area contributed by atoms with E-state index in [0.717, 1.165) is 31.3 Å². The van der Waals surface area contributed by atoms with E-state index in [1.807, 2.05) is 0 Å². The van der Waals surface area contributed by atoms with Crippen molar-refractivity contribution >= 4 is 0 Å². The Morgan fingerprint density at radius 2 is 2.00 bits per heavy atom. The molecule has 0 aromatic heterocycles. The van der Waals surface area contributed by atoms with Gasteiger partial charge >= 0.3 is 0 Å². The Balaban J connectivity index is 2.83. The van der Waals surface area contributed by atoms with E-state index < -0.39 is 0 Å². The molecule has 0 aliphatic rings. The van der Waals surface area contributed by atoms with Crippen molar-refractivity contribution in [2.75, 3.05) is 33.8 Å². The minimum Gasteiger partial charge on any atom is -0.496 e. The monoisotopic (exact) mass is 292 g/mol. The lowest BCUT2D eigenvalue weighted by Gasteiger charge is -2.27. The van der Waals surface area contributed by atoms with Gasteiger partial charge in [-0.2, -0.15) is 0 Å². The molecule has 0 aliphatic heterocycles. The first kappa shape index (κ1) is 18.0. The number of nitrogens with one attached hydrogen (secondary N) is 1. The molecule has 3 nitrogen and oxygen atoms in total. The number of methoxy groups -OCH3 is 1. The first-order valence-electron chi connectivity index (χ1n) is 8.04. The number of hydrogen-bond donors (Lipinski definition) is 1. The van der Waals surface area contributed by atoms with E-state index in [2.05, 4.69) is 63.2 Å². The first-order chi connectivity index (χ1) is 9.97. The van der Waals surface area contributed by atoms with Gasteiger partial charge in [0.2, 0.25) is 0 Å². The van der Waals surface area contributed by atoms with Gasteiger partial charge in [-0.25, -0.2) is 0 Å². The van der Waals surface area contributed by atoms with Crippen molar-refractivity contribution in [3.8, 4) is 5.75 Å². The van der Waals surface area contributed by atoms with Crippen LogP contribution in [0.3, 0.4) is 0 Å². The molecule has 0 saturated heterocycles. The minimum absolute atomic E-state index is 0.307. The van der Waals surface area contributed by atoms with Crippen LogP contribution in [-0.4, -0.2) is 38.7 Å². The third-order valence-electron chi connectivity index (χ3n) is 3.79. The first-order valence-corrected chi connectivity index (χ1v) is 8.04. The SMILES string of the molecule is CCNC(CN(C)CCC(C)C)c1cc(C)ccc1OC. The fourth-order valence-electron chi connectivity index (χ4n) is 2.53. The largest absolute Gasteiger partial charge is 0.496 e. The fraction of sp³-hybridized carbons (Fsp3) is 0.667. The summed E-state index contributed by atoms with van der Waals surface area (Å²) in [6.07, 6.45) is 1.24. The Kier molecular flexibility index (Phi) is 7.76. The van der Waals surface area contributed by atoms with Crippen molar-refractivity contribution in [2.45, 2.75) is 40.2 Å². The fourth-order valence-corrected chi connectivity index (χ4v) is 2.53. The van der Waals surface area contributed by atoms with Gasteiger partial charge in [-0.3, -0.25) is 0 Å². The zero-order valence-corrected chi connectivity index (χ0v) is 14.6. The van der Waals surface area contributed by atoms with E-state index >= 15 is 0 Å². The van der Waals surface area contributed by atoms with Crippen LogP contribution < -0.4 is 10.1 Å². The van der Waals surface area contributed by atoms with Gasteiger partial charge in [-0.1, -0.05) is 38.5 Å². The number of hydrogen-bond acceptors (Lipinski definition) is 3. The Bertz CT molecular complexity index is 418. The summed E-state index contributed by atoms with van der Waals surface area (Å²) in [4.78, 5) is 2.41. The number of aryl methyl sites for hydroxylation is 1. The maximum absolute atomic E-state index is 5.55. The second-order valence-corrected chi connectivity index (χ2v) is 6.30. The van der Waals surface area contributed by atoms with Crippen molar-refractivity contribution < 1.29 is 4.74 Å². The Labute approximate surface area is 130 Å². The predicted molar refractivity (Wildman–Crippen MR) is 91.1 cm³/mol. The van der Waals surface area contributed by atoms with Crippen molar-refractivity contribution in [1.29, 1.82) is 0 Å². The zero-order valence-electron chi connectivity index (χ0n) is 14.6. The van der Waals surface area contributed by atoms with Gasteiger partial charge in [-0.05, 0) is 45.5 Å². The Morgan fingerprint density at radius 3 is 2.57 bits per heavy atom. The smallest absolute Gasteiger partial charge is 0.123 e. The van der Waals surface area contributed by atoms with Crippen LogP contribution in [0.2, 0.25) is 0 Å². The summed E-state index contributed by atoms with van der Waals surface area (Å²) in [5, 5.41) is 3.60. The van der Waals surface area contributed by atoms with Crippen molar-refractivity contribution in [2.24, 2.45) is 5.92 Å². The highest BCUT2D eigenvalue weighted by Gasteiger charge is 2.17. The molecule has 1 rings (SSSR count). The molecule has 1 aromatic carbocycles. The predicted octanol–water partition coefficient (Wildman–Crippen LogP) is 3.63. The topological polar surface area (TPSA) is 24.5 Å². The highest BCUT2D eigenvalue weighted by atomic mass is 16.5. The van der Waals surface area contributed by atoms with Crippen LogP contribution in [0.15, 0.2) is 18.2 Å². The summed E-state index contributed by atoms with van der Waals surface area (Å²) in [7, 11) is 3.95. The average Bonchev–Trinajstić information content (AvgIpc) is 2.44. The molecule has 21 heavy (non-hydrogen) atoms. The summed E-state index contributed by atoms with van der Waals surface area (Å²) < 4.78 is 5.55. The van der Waals surface area contributed by atoms with E-state index in [4.69, 9.17) is 4.74 Å². The van der Waals surface area contributed by atoms with Crippen LogP contribution in [0, 0.1) is 12.8 Å². The summed E-state index contributed by atoms with van der Waals surface area (Å²) in [6.45, 7) is 11.9. The van der Waals surface area contributed by atoms with Crippen LogP contribution in [0.5, 0.6) is 5.75 Å². The normalized spacial score (nSPS) is 13.0. The van der Waals surface area contributed by atoms with E-state index in [1.165, 1.54) is 17.5 Å². The molecular formula is C18H32N2O. The molecule has 1 aromatic rings. The second kappa shape index (κ2) is 9.06. The third kappa shape index (κ3) is 6.06. The highest BCUT2D eigenvalue weighted by molar-refractivity contribution is 5.39. The van der Waals surface area contributed by atoms with Crippen LogP contribution in [0.25, 0.3) is 0 Å². The Morgan fingerprint density at radius 1 is 1.29 bits per heavy atom. The summed E-state index contributed by atoms with van der Waals surface area (Å²) in [5.41, 5.74) is 2.54. The van der Waals surface area contributed by atoms with Crippen LogP contribution in [-0.2, 0) is 0 Å². The van der Waals surface area contributed by atoms with Crippen LogP contribution in [0.1, 0.15) is 44.4 Å². The summed E-state index contributed by atoms with van der Waals surface area (Å²) >= 11 is 0. The van der Waals surface area contributed by atoms with E-state index in [1.54, 1.807) is 7.11 Å². The highest BCUT2D eigenvalue weighted by Crippen LogP contribution is 2.27.